The van der Waals surface area contributed by atoms with Crippen LogP contribution in [0.2, 0.25) is 0 Å². The fraction of sp³-hybridized carbons (Fsp3) is 0.364. The van der Waals surface area contributed by atoms with E-state index in [2.05, 4.69) is 26.4 Å². The molecule has 0 saturated heterocycles. The van der Waals surface area contributed by atoms with E-state index in [1.807, 2.05) is 25.1 Å². The van der Waals surface area contributed by atoms with Crippen molar-refractivity contribution in [2.45, 2.75) is 19.4 Å². The molecule has 0 radical (unpaired) electrons. The molecular formula is C11H16BrN3O2. The molecule has 0 spiro atoms. The highest BCUT2D eigenvalue weighted by Crippen LogP contribution is 2.28. The summed E-state index contributed by atoms with van der Waals surface area (Å²) in [5, 5.41) is 14.8. The van der Waals surface area contributed by atoms with Gasteiger partial charge in [-0.2, -0.15) is 0 Å². The minimum atomic E-state index is -0.203. The number of hydrogen-bond acceptors (Lipinski definition) is 4. The molecular weight excluding hydrogens is 286 g/mol. The number of nitrogens with one attached hydrogen (secondary N) is 1. The minimum absolute atomic E-state index is 0.161. The predicted molar refractivity (Wildman–Crippen MR) is 71.8 cm³/mol. The molecule has 0 aliphatic rings. The molecule has 1 aromatic rings. The van der Waals surface area contributed by atoms with Crippen molar-refractivity contribution in [1.29, 1.82) is 0 Å². The maximum Gasteiger partial charge on any atom is 0.161 e. The van der Waals surface area contributed by atoms with Crippen LogP contribution in [0.15, 0.2) is 27.8 Å². The average molecular weight is 302 g/mol. The Balaban J connectivity index is 2.87. The quantitative estimate of drug-likeness (QED) is 0.338. The molecule has 0 fully saturated rings. The standard InChI is InChI=1S/C11H16BrN3O2/c1-3-9(11(13)15-16)14-7-4-5-8(12)10(6-7)17-2/h4-6,9,14,16H,3H2,1-2H3,(H2,13,15). The summed E-state index contributed by atoms with van der Waals surface area (Å²) in [5.74, 6) is 0.888. The first-order valence-corrected chi connectivity index (χ1v) is 5.99. The normalized spacial score (nSPS) is 13.2. The van der Waals surface area contributed by atoms with Crippen molar-refractivity contribution in [3.8, 4) is 5.75 Å². The van der Waals surface area contributed by atoms with Crippen LogP contribution in [0.4, 0.5) is 5.69 Å². The molecule has 0 amide bonds. The number of methoxy groups -OCH3 is 1. The van der Waals surface area contributed by atoms with Crippen molar-refractivity contribution in [2.75, 3.05) is 12.4 Å². The Morgan fingerprint density at radius 1 is 1.65 bits per heavy atom. The average Bonchev–Trinajstić information content (AvgIpc) is 2.36. The van der Waals surface area contributed by atoms with Gasteiger partial charge in [0.15, 0.2) is 5.84 Å². The second-order valence-electron chi connectivity index (χ2n) is 3.48. The van der Waals surface area contributed by atoms with Gasteiger partial charge in [0.25, 0.3) is 0 Å². The second-order valence-corrected chi connectivity index (χ2v) is 4.33. The Morgan fingerprint density at radius 2 is 2.35 bits per heavy atom. The highest BCUT2D eigenvalue weighted by atomic mass is 79.9. The number of oxime groups is 1. The van der Waals surface area contributed by atoms with Crippen molar-refractivity contribution in [2.24, 2.45) is 10.9 Å². The first-order chi connectivity index (χ1) is 8.12. The molecule has 1 rings (SSSR count). The molecule has 0 aromatic heterocycles. The number of benzene rings is 1. The minimum Gasteiger partial charge on any atom is -0.495 e. The summed E-state index contributed by atoms with van der Waals surface area (Å²) in [6.07, 6.45) is 0.717. The molecule has 6 heteroatoms. The predicted octanol–water partition coefficient (Wildman–Crippen LogP) is 2.39. The zero-order chi connectivity index (χ0) is 12.8. The Labute approximate surface area is 109 Å². The van der Waals surface area contributed by atoms with Gasteiger partial charge in [-0.1, -0.05) is 12.1 Å². The SMILES string of the molecule is CCC(Nc1ccc(Br)c(OC)c1)/C(N)=N/O. The fourth-order valence-corrected chi connectivity index (χ4v) is 1.81. The van der Waals surface area contributed by atoms with Crippen molar-refractivity contribution >= 4 is 27.5 Å². The highest BCUT2D eigenvalue weighted by Gasteiger charge is 2.12. The summed E-state index contributed by atoms with van der Waals surface area (Å²) in [6, 6.07) is 5.41. The number of rotatable bonds is 5. The number of amidine groups is 1. The van der Waals surface area contributed by atoms with Gasteiger partial charge in [0, 0.05) is 11.8 Å². The summed E-state index contributed by atoms with van der Waals surface area (Å²) in [4.78, 5) is 0. The number of ether oxygens (including phenoxy) is 1. The van der Waals surface area contributed by atoms with E-state index in [4.69, 9.17) is 15.7 Å². The van der Waals surface area contributed by atoms with E-state index in [9.17, 15) is 0 Å². The molecule has 0 bridgehead atoms. The summed E-state index contributed by atoms with van der Waals surface area (Å²) in [7, 11) is 1.60. The summed E-state index contributed by atoms with van der Waals surface area (Å²) in [5.41, 5.74) is 6.42. The number of nitrogens with zero attached hydrogens (tertiary/aromatic N) is 1. The van der Waals surface area contributed by atoms with Gasteiger partial charge in [-0.15, -0.1) is 0 Å². The van der Waals surface area contributed by atoms with Crippen molar-refractivity contribution < 1.29 is 9.94 Å². The molecule has 0 saturated carbocycles. The Hall–Kier alpha value is -1.43. The third-order valence-corrected chi connectivity index (χ3v) is 3.03. The van der Waals surface area contributed by atoms with Crippen molar-refractivity contribution in [1.82, 2.24) is 0 Å². The summed E-state index contributed by atoms with van der Waals surface area (Å²) < 4.78 is 6.07. The van der Waals surface area contributed by atoms with Crippen LogP contribution in [0.3, 0.4) is 0 Å². The monoisotopic (exact) mass is 301 g/mol. The van der Waals surface area contributed by atoms with Crippen LogP contribution in [0.25, 0.3) is 0 Å². The van der Waals surface area contributed by atoms with E-state index < -0.39 is 0 Å². The number of nitrogens with two attached hydrogens (primary N) is 1. The first-order valence-electron chi connectivity index (χ1n) is 5.19. The molecule has 1 unspecified atom stereocenters. The summed E-state index contributed by atoms with van der Waals surface area (Å²) >= 11 is 3.38. The van der Waals surface area contributed by atoms with Crippen LogP contribution in [-0.4, -0.2) is 24.2 Å². The lowest BCUT2D eigenvalue weighted by atomic mass is 10.2. The molecule has 4 N–H and O–H groups in total. The van der Waals surface area contributed by atoms with Crippen LogP contribution >= 0.6 is 15.9 Å². The van der Waals surface area contributed by atoms with Crippen LogP contribution in [0.1, 0.15) is 13.3 Å². The zero-order valence-corrected chi connectivity index (χ0v) is 11.4. The Morgan fingerprint density at radius 3 is 2.88 bits per heavy atom. The van der Waals surface area contributed by atoms with Crippen molar-refractivity contribution in [3.63, 3.8) is 0 Å². The smallest absolute Gasteiger partial charge is 0.161 e. The van der Waals surface area contributed by atoms with E-state index >= 15 is 0 Å². The maximum atomic E-state index is 8.65. The lowest BCUT2D eigenvalue weighted by Crippen LogP contribution is -2.35. The van der Waals surface area contributed by atoms with Gasteiger partial charge in [-0.3, -0.25) is 0 Å². The third-order valence-electron chi connectivity index (χ3n) is 2.37. The van der Waals surface area contributed by atoms with Gasteiger partial charge < -0.3 is 21.0 Å². The van der Waals surface area contributed by atoms with Crippen LogP contribution < -0.4 is 15.8 Å². The first kappa shape index (κ1) is 13.6. The molecule has 0 aliphatic heterocycles. The van der Waals surface area contributed by atoms with E-state index in [0.29, 0.717) is 6.42 Å². The summed E-state index contributed by atoms with van der Waals surface area (Å²) in [6.45, 7) is 1.95. The number of anilines is 1. The van der Waals surface area contributed by atoms with Gasteiger partial charge in [-0.25, -0.2) is 0 Å². The third kappa shape index (κ3) is 3.52. The van der Waals surface area contributed by atoms with Crippen LogP contribution in [-0.2, 0) is 0 Å². The van der Waals surface area contributed by atoms with E-state index in [0.717, 1.165) is 15.9 Å². The van der Waals surface area contributed by atoms with E-state index in [-0.39, 0.29) is 11.9 Å². The molecule has 5 nitrogen and oxygen atoms in total. The highest BCUT2D eigenvalue weighted by molar-refractivity contribution is 9.10. The van der Waals surface area contributed by atoms with Crippen LogP contribution in [0, 0.1) is 0 Å². The molecule has 1 aromatic carbocycles. The number of hydrogen-bond donors (Lipinski definition) is 3. The lowest BCUT2D eigenvalue weighted by Gasteiger charge is -2.17. The molecule has 0 heterocycles. The largest absolute Gasteiger partial charge is 0.495 e. The van der Waals surface area contributed by atoms with Gasteiger partial charge in [0.2, 0.25) is 0 Å². The van der Waals surface area contributed by atoms with E-state index in [1.54, 1.807) is 7.11 Å². The zero-order valence-electron chi connectivity index (χ0n) is 9.77. The van der Waals surface area contributed by atoms with Gasteiger partial charge in [-0.05, 0) is 34.5 Å². The Bertz CT molecular complexity index is 410. The second kappa shape index (κ2) is 6.34. The maximum absolute atomic E-state index is 8.65. The van der Waals surface area contributed by atoms with Crippen LogP contribution in [0.5, 0.6) is 5.75 Å². The topological polar surface area (TPSA) is 79.9 Å². The van der Waals surface area contributed by atoms with Gasteiger partial charge >= 0.3 is 0 Å². The lowest BCUT2D eigenvalue weighted by molar-refractivity contribution is 0.316. The van der Waals surface area contributed by atoms with Gasteiger partial charge in [0.05, 0.1) is 17.6 Å². The molecule has 17 heavy (non-hydrogen) atoms. The Kier molecular flexibility index (Phi) is 5.09. The van der Waals surface area contributed by atoms with E-state index in [1.165, 1.54) is 0 Å². The number of halogens is 1. The molecule has 0 aliphatic carbocycles. The molecule has 1 atom stereocenters. The molecule has 94 valence electrons. The fourth-order valence-electron chi connectivity index (χ4n) is 1.41. The van der Waals surface area contributed by atoms with Gasteiger partial charge in [0.1, 0.15) is 5.75 Å². The van der Waals surface area contributed by atoms with Crippen molar-refractivity contribution in [3.05, 3.63) is 22.7 Å².